The summed E-state index contributed by atoms with van der Waals surface area (Å²) in [5, 5.41) is 33.1. The van der Waals surface area contributed by atoms with Gasteiger partial charge in [0.25, 0.3) is 5.91 Å². The van der Waals surface area contributed by atoms with Crippen LogP contribution in [0.25, 0.3) is 27.8 Å². The van der Waals surface area contributed by atoms with Crippen LogP contribution < -0.4 is 14.8 Å². The Hall–Kier alpha value is -5.65. The summed E-state index contributed by atoms with van der Waals surface area (Å²) in [5.41, 5.74) is 0.386. The molecule has 3 N–H and O–H groups in total. The normalized spacial score (nSPS) is 11.1. The summed E-state index contributed by atoms with van der Waals surface area (Å²) < 4.78 is 16.5. The lowest BCUT2D eigenvalue weighted by Crippen LogP contribution is -2.24. The van der Waals surface area contributed by atoms with Crippen molar-refractivity contribution in [2.45, 2.75) is 33.3 Å². The van der Waals surface area contributed by atoms with Gasteiger partial charge in [0.15, 0.2) is 11.3 Å². The van der Waals surface area contributed by atoms with Crippen molar-refractivity contribution in [1.82, 2.24) is 15.0 Å². The molecule has 1 heterocycles. The lowest BCUT2D eigenvalue weighted by atomic mass is 9.96. The van der Waals surface area contributed by atoms with Crippen LogP contribution in [0.15, 0.2) is 67.3 Å². The van der Waals surface area contributed by atoms with Crippen LogP contribution in [0.2, 0.25) is 0 Å². The molecule has 0 saturated heterocycles. The Morgan fingerprint density at radius 2 is 1.70 bits per heavy atom. The molecule has 1 amide bonds. The van der Waals surface area contributed by atoms with Crippen molar-refractivity contribution in [3.05, 3.63) is 72.8 Å². The van der Waals surface area contributed by atoms with Crippen molar-refractivity contribution < 1.29 is 38.8 Å². The van der Waals surface area contributed by atoms with Crippen LogP contribution in [0.1, 0.15) is 38.1 Å². The van der Waals surface area contributed by atoms with E-state index in [1.54, 1.807) is 27.7 Å². The molecular weight excluding hydrogens is 556 g/mol. The topological polar surface area (TPSA) is 162 Å². The van der Waals surface area contributed by atoms with Crippen molar-refractivity contribution in [2.75, 3.05) is 12.4 Å². The van der Waals surface area contributed by atoms with E-state index in [9.17, 15) is 24.6 Å². The van der Waals surface area contributed by atoms with E-state index >= 15 is 0 Å². The van der Waals surface area contributed by atoms with E-state index in [2.05, 4.69) is 28.7 Å². The number of phenolic OH excluding ortho intramolecular Hbond substituents is 2. The molecule has 0 atom stereocenters. The maximum absolute atomic E-state index is 13.6. The molecule has 0 spiro atoms. The van der Waals surface area contributed by atoms with E-state index < -0.39 is 23.4 Å². The molecule has 4 rings (SSSR count). The fourth-order valence-corrected chi connectivity index (χ4v) is 4.03. The van der Waals surface area contributed by atoms with E-state index in [1.165, 1.54) is 49.6 Å². The van der Waals surface area contributed by atoms with Gasteiger partial charge in [-0.15, -0.1) is 15.0 Å². The summed E-state index contributed by atoms with van der Waals surface area (Å²) >= 11 is 0. The number of ether oxygens (including phenoxy) is 3. The van der Waals surface area contributed by atoms with E-state index in [1.807, 2.05) is 0 Å². The summed E-state index contributed by atoms with van der Waals surface area (Å²) in [6, 6.07) is 9.86. The highest BCUT2D eigenvalue weighted by Crippen LogP contribution is 2.42. The molecule has 0 aliphatic carbocycles. The van der Waals surface area contributed by atoms with Gasteiger partial charge in [0.05, 0.1) is 7.11 Å². The zero-order valence-electron chi connectivity index (χ0n) is 24.2. The van der Waals surface area contributed by atoms with Crippen LogP contribution in [0.3, 0.4) is 0 Å². The predicted octanol–water partition coefficient (Wildman–Crippen LogP) is 5.07. The summed E-state index contributed by atoms with van der Waals surface area (Å²) in [4.78, 5) is 38.7. The predicted molar refractivity (Wildman–Crippen MR) is 159 cm³/mol. The zero-order chi connectivity index (χ0) is 31.6. The Kier molecular flexibility index (Phi) is 8.24. The van der Waals surface area contributed by atoms with Crippen LogP contribution in [-0.2, 0) is 14.3 Å². The number of anilines is 1. The summed E-state index contributed by atoms with van der Waals surface area (Å²) in [6.07, 6.45) is 0.992. The minimum absolute atomic E-state index is 0.0162. The average molecular weight is 587 g/mol. The molecule has 0 radical (unpaired) electrons. The number of rotatable bonds is 8. The monoisotopic (exact) mass is 586 g/mol. The second-order valence-electron chi connectivity index (χ2n) is 10.4. The number of aromatic hydroxyl groups is 2. The lowest BCUT2D eigenvalue weighted by molar-refractivity contribution is -0.129. The van der Waals surface area contributed by atoms with E-state index in [0.717, 1.165) is 10.9 Å². The number of phenols is 2. The Labute approximate surface area is 246 Å². The van der Waals surface area contributed by atoms with Crippen molar-refractivity contribution in [2.24, 2.45) is 0 Å². The highest BCUT2D eigenvalue weighted by atomic mass is 16.6. The van der Waals surface area contributed by atoms with Gasteiger partial charge in [-0.25, -0.2) is 9.59 Å². The number of amides is 1. The molecule has 43 heavy (non-hydrogen) atoms. The standard InChI is InChI=1S/C31H30N4O8/c1-8-25(38)42-18-10-12-24(37)22(14-18)35-33-21-15-20(19-13-17(9-11-23(19)36)32-29(39)16(2)3)26(28(41-7)27(21)34-35)30(40)43-31(4,5)6/h8-15,36-37H,1-2H2,3-7H3,(H,32,39). The third kappa shape index (κ3) is 6.48. The smallest absolute Gasteiger partial charge is 0.343 e. The average Bonchev–Trinajstić information content (AvgIpc) is 3.36. The number of fused-ring (bicyclic) bond motifs is 1. The van der Waals surface area contributed by atoms with Gasteiger partial charge in [-0.3, -0.25) is 4.79 Å². The summed E-state index contributed by atoms with van der Waals surface area (Å²) in [6.45, 7) is 13.7. The molecule has 12 nitrogen and oxygen atoms in total. The minimum atomic E-state index is -0.889. The Morgan fingerprint density at radius 3 is 2.33 bits per heavy atom. The fourth-order valence-electron chi connectivity index (χ4n) is 4.03. The number of methoxy groups -OCH3 is 1. The van der Waals surface area contributed by atoms with Crippen molar-refractivity contribution in [3.8, 4) is 39.8 Å². The third-order valence-electron chi connectivity index (χ3n) is 5.92. The number of hydrogen-bond donors (Lipinski definition) is 3. The number of carbonyl (C=O) groups is 3. The first-order valence-electron chi connectivity index (χ1n) is 12.9. The molecular formula is C31H30N4O8. The van der Waals surface area contributed by atoms with Crippen LogP contribution in [-0.4, -0.2) is 55.8 Å². The fraction of sp³-hybridized carbons (Fsp3) is 0.194. The van der Waals surface area contributed by atoms with Gasteiger partial charge in [-0.05, 0) is 64.1 Å². The van der Waals surface area contributed by atoms with Gasteiger partial charge in [0, 0.05) is 34.5 Å². The van der Waals surface area contributed by atoms with Crippen LogP contribution in [0.5, 0.6) is 23.0 Å². The number of nitrogens with zero attached hydrogens (tertiary/aromatic N) is 3. The molecule has 3 aromatic carbocycles. The van der Waals surface area contributed by atoms with Gasteiger partial charge < -0.3 is 29.7 Å². The van der Waals surface area contributed by atoms with Gasteiger partial charge in [-0.2, -0.15) is 0 Å². The minimum Gasteiger partial charge on any atom is -0.507 e. The van der Waals surface area contributed by atoms with Crippen molar-refractivity contribution in [1.29, 1.82) is 0 Å². The largest absolute Gasteiger partial charge is 0.507 e. The molecule has 0 aliphatic rings. The number of hydrogen-bond acceptors (Lipinski definition) is 10. The summed E-state index contributed by atoms with van der Waals surface area (Å²) in [5.74, 6) is -2.26. The van der Waals surface area contributed by atoms with E-state index in [4.69, 9.17) is 14.2 Å². The molecule has 0 unspecified atom stereocenters. The number of esters is 2. The first kappa shape index (κ1) is 30.3. The lowest BCUT2D eigenvalue weighted by Gasteiger charge is -2.22. The molecule has 0 saturated carbocycles. The number of carbonyl (C=O) groups excluding carboxylic acids is 3. The highest BCUT2D eigenvalue weighted by molar-refractivity contribution is 6.08. The molecule has 1 aromatic heterocycles. The Balaban J connectivity index is 1.98. The van der Waals surface area contributed by atoms with Crippen LogP contribution >= 0.6 is 0 Å². The quantitative estimate of drug-likeness (QED) is 0.110. The van der Waals surface area contributed by atoms with Crippen molar-refractivity contribution >= 4 is 34.6 Å². The van der Waals surface area contributed by atoms with E-state index in [0.29, 0.717) is 5.69 Å². The Bertz CT molecular complexity index is 1800. The molecule has 0 bridgehead atoms. The van der Waals surface area contributed by atoms with Crippen LogP contribution in [0.4, 0.5) is 5.69 Å². The van der Waals surface area contributed by atoms with Gasteiger partial charge in [0.2, 0.25) is 0 Å². The second kappa shape index (κ2) is 11.7. The van der Waals surface area contributed by atoms with Gasteiger partial charge in [0.1, 0.15) is 39.6 Å². The number of benzene rings is 3. The zero-order valence-corrected chi connectivity index (χ0v) is 24.2. The van der Waals surface area contributed by atoms with E-state index in [-0.39, 0.29) is 62.0 Å². The van der Waals surface area contributed by atoms with Gasteiger partial charge in [-0.1, -0.05) is 13.2 Å². The van der Waals surface area contributed by atoms with Crippen molar-refractivity contribution in [3.63, 3.8) is 0 Å². The molecule has 12 heteroatoms. The van der Waals surface area contributed by atoms with Crippen LogP contribution in [0, 0.1) is 0 Å². The molecule has 4 aromatic rings. The molecule has 0 fully saturated rings. The first-order chi connectivity index (χ1) is 20.2. The molecule has 222 valence electrons. The van der Waals surface area contributed by atoms with Gasteiger partial charge >= 0.3 is 11.9 Å². The molecule has 0 aliphatic heterocycles. The second-order valence-corrected chi connectivity index (χ2v) is 10.4. The number of aromatic nitrogens is 3. The third-order valence-corrected chi connectivity index (χ3v) is 5.92. The first-order valence-corrected chi connectivity index (χ1v) is 12.9. The highest BCUT2D eigenvalue weighted by Gasteiger charge is 2.30. The maximum Gasteiger partial charge on any atom is 0.343 e. The Morgan fingerprint density at radius 1 is 1.00 bits per heavy atom. The summed E-state index contributed by atoms with van der Waals surface area (Å²) in [7, 11) is 1.33. The number of nitrogens with one attached hydrogen (secondary N) is 1. The SMILES string of the molecule is C=CC(=O)Oc1ccc(O)c(-n2nc3cc(-c4cc(NC(=O)C(=C)C)ccc4O)c(C(=O)OC(C)(C)C)c(OC)c3n2)c1. The maximum atomic E-state index is 13.6.